The third kappa shape index (κ3) is 2.18. The number of hydrogen-bond donors (Lipinski definition) is 3. The Morgan fingerprint density at radius 1 is 1.55 bits per heavy atom. The van der Waals surface area contributed by atoms with Gasteiger partial charge in [0.1, 0.15) is 0 Å². The third-order valence-electron chi connectivity index (χ3n) is 1.48. The van der Waals surface area contributed by atoms with Crippen LogP contribution in [0.5, 0.6) is 0 Å². The summed E-state index contributed by atoms with van der Waals surface area (Å²) in [5.74, 6) is 5.12. The molecule has 0 radical (unpaired) electrons. The van der Waals surface area contributed by atoms with Gasteiger partial charge >= 0.3 is 0 Å². The molecular weight excluding hydrogens is 140 g/mol. The monoisotopic (exact) mass is 152 g/mol. The highest BCUT2D eigenvalue weighted by atomic mass is 15.2. The molecule has 0 fully saturated rings. The van der Waals surface area contributed by atoms with Gasteiger partial charge in [-0.2, -0.15) is 0 Å². The quantitative estimate of drug-likeness (QED) is 0.409. The maximum atomic E-state index is 5.65. The second-order valence-electron chi connectivity index (χ2n) is 2.28. The van der Waals surface area contributed by atoms with Crippen LogP contribution in [-0.2, 0) is 6.42 Å². The van der Waals surface area contributed by atoms with Gasteiger partial charge in [-0.25, -0.2) is 0 Å². The SMILES string of the molecule is NNCCc1cnccc1N. The molecule has 1 rings (SSSR count). The van der Waals surface area contributed by atoms with Crippen LogP contribution in [0.4, 0.5) is 5.69 Å². The molecule has 0 bridgehead atoms. The van der Waals surface area contributed by atoms with E-state index in [1.165, 1.54) is 0 Å². The Bertz CT molecular complexity index is 223. The largest absolute Gasteiger partial charge is 0.398 e. The standard InChI is InChI=1S/C7H12N4/c8-7-2-3-10-5-6(7)1-4-11-9/h2-3,5,11H,1,4,9H2,(H2,8,10). The highest BCUT2D eigenvalue weighted by Crippen LogP contribution is 2.07. The molecule has 0 atom stereocenters. The van der Waals surface area contributed by atoms with E-state index in [4.69, 9.17) is 11.6 Å². The lowest BCUT2D eigenvalue weighted by atomic mass is 10.2. The smallest absolute Gasteiger partial charge is 0.0377 e. The van der Waals surface area contributed by atoms with Crippen molar-refractivity contribution in [1.29, 1.82) is 0 Å². The first kappa shape index (κ1) is 7.97. The fourth-order valence-electron chi connectivity index (χ4n) is 0.854. The van der Waals surface area contributed by atoms with Gasteiger partial charge in [0.15, 0.2) is 0 Å². The van der Waals surface area contributed by atoms with Crippen LogP contribution in [0.1, 0.15) is 5.56 Å². The Labute approximate surface area is 65.6 Å². The molecule has 0 saturated heterocycles. The Kier molecular flexibility index (Phi) is 2.83. The van der Waals surface area contributed by atoms with Gasteiger partial charge in [0.05, 0.1) is 0 Å². The number of nitrogens with one attached hydrogen (secondary N) is 1. The van der Waals surface area contributed by atoms with Crippen LogP contribution in [0.3, 0.4) is 0 Å². The Morgan fingerprint density at radius 3 is 3.00 bits per heavy atom. The number of hydrogen-bond acceptors (Lipinski definition) is 4. The first-order valence-electron chi connectivity index (χ1n) is 3.46. The summed E-state index contributed by atoms with van der Waals surface area (Å²) < 4.78 is 0. The summed E-state index contributed by atoms with van der Waals surface area (Å²) in [6.07, 6.45) is 4.25. The first-order valence-corrected chi connectivity index (χ1v) is 3.46. The van der Waals surface area contributed by atoms with Crippen molar-refractivity contribution in [2.45, 2.75) is 6.42 Å². The summed E-state index contributed by atoms with van der Waals surface area (Å²) in [6.45, 7) is 0.718. The second kappa shape index (κ2) is 3.90. The third-order valence-corrected chi connectivity index (χ3v) is 1.48. The van der Waals surface area contributed by atoms with Crippen LogP contribution >= 0.6 is 0 Å². The molecule has 1 aromatic rings. The van der Waals surface area contributed by atoms with Gasteiger partial charge in [-0.05, 0) is 18.1 Å². The normalized spacial score (nSPS) is 9.91. The lowest BCUT2D eigenvalue weighted by molar-refractivity contribution is 0.728. The van der Waals surface area contributed by atoms with Gasteiger partial charge in [0.25, 0.3) is 0 Å². The molecule has 0 spiro atoms. The lowest BCUT2D eigenvalue weighted by Crippen LogP contribution is -2.24. The van der Waals surface area contributed by atoms with Crippen LogP contribution < -0.4 is 17.0 Å². The van der Waals surface area contributed by atoms with Crippen molar-refractivity contribution in [3.63, 3.8) is 0 Å². The number of aromatic nitrogens is 1. The molecular formula is C7H12N4. The van der Waals surface area contributed by atoms with E-state index in [9.17, 15) is 0 Å². The van der Waals surface area contributed by atoms with E-state index in [0.29, 0.717) is 0 Å². The van der Waals surface area contributed by atoms with Crippen molar-refractivity contribution < 1.29 is 0 Å². The van der Waals surface area contributed by atoms with E-state index in [2.05, 4.69) is 10.4 Å². The summed E-state index contributed by atoms with van der Waals surface area (Å²) in [5, 5.41) is 0. The number of nitrogen functional groups attached to an aromatic ring is 1. The zero-order valence-corrected chi connectivity index (χ0v) is 6.25. The van der Waals surface area contributed by atoms with Crippen LogP contribution in [0.15, 0.2) is 18.5 Å². The molecule has 60 valence electrons. The number of hydrazine groups is 1. The maximum Gasteiger partial charge on any atom is 0.0377 e. The average Bonchev–Trinajstić information content (AvgIpc) is 2.03. The van der Waals surface area contributed by atoms with Crippen LogP contribution in [0, 0.1) is 0 Å². The van der Waals surface area contributed by atoms with Crippen LogP contribution in [0.2, 0.25) is 0 Å². The second-order valence-corrected chi connectivity index (χ2v) is 2.28. The number of anilines is 1. The van der Waals surface area contributed by atoms with Crippen LogP contribution in [-0.4, -0.2) is 11.5 Å². The van der Waals surface area contributed by atoms with Crippen molar-refractivity contribution in [2.75, 3.05) is 12.3 Å². The molecule has 1 heterocycles. The van der Waals surface area contributed by atoms with Crippen LogP contribution in [0.25, 0.3) is 0 Å². The Morgan fingerprint density at radius 2 is 2.36 bits per heavy atom. The number of nitrogens with zero attached hydrogens (tertiary/aromatic N) is 1. The lowest BCUT2D eigenvalue weighted by Gasteiger charge is -2.02. The minimum absolute atomic E-state index is 0.718. The van der Waals surface area contributed by atoms with E-state index < -0.39 is 0 Å². The molecule has 0 unspecified atom stereocenters. The van der Waals surface area contributed by atoms with Gasteiger partial charge in [-0.1, -0.05) is 0 Å². The van der Waals surface area contributed by atoms with Gasteiger partial charge in [-0.3, -0.25) is 16.3 Å². The summed E-state index contributed by atoms with van der Waals surface area (Å²) in [5.41, 5.74) is 10.0. The molecule has 0 amide bonds. The van der Waals surface area contributed by atoms with Crippen molar-refractivity contribution >= 4 is 5.69 Å². The molecule has 0 aliphatic rings. The van der Waals surface area contributed by atoms with E-state index in [-0.39, 0.29) is 0 Å². The maximum absolute atomic E-state index is 5.65. The number of nitrogens with two attached hydrogens (primary N) is 2. The van der Waals surface area contributed by atoms with Crippen molar-refractivity contribution in [3.05, 3.63) is 24.0 Å². The fraction of sp³-hybridized carbons (Fsp3) is 0.286. The highest BCUT2D eigenvalue weighted by Gasteiger charge is 1.95. The molecule has 0 aliphatic heterocycles. The zero-order valence-electron chi connectivity index (χ0n) is 6.25. The summed E-state index contributed by atoms with van der Waals surface area (Å²) in [6, 6.07) is 1.78. The molecule has 1 aromatic heterocycles. The summed E-state index contributed by atoms with van der Waals surface area (Å²) in [7, 11) is 0. The number of pyridine rings is 1. The van der Waals surface area contributed by atoms with Crippen molar-refractivity contribution in [2.24, 2.45) is 5.84 Å². The number of rotatable bonds is 3. The molecule has 0 aromatic carbocycles. The van der Waals surface area contributed by atoms with Gasteiger partial charge in [0, 0.05) is 24.6 Å². The van der Waals surface area contributed by atoms with E-state index in [1.54, 1.807) is 18.5 Å². The van der Waals surface area contributed by atoms with E-state index in [1.807, 2.05) is 0 Å². The molecule has 0 aliphatic carbocycles. The van der Waals surface area contributed by atoms with Crippen molar-refractivity contribution in [3.8, 4) is 0 Å². The molecule has 11 heavy (non-hydrogen) atoms. The summed E-state index contributed by atoms with van der Waals surface area (Å²) in [4.78, 5) is 3.95. The van der Waals surface area contributed by atoms with E-state index in [0.717, 1.165) is 24.2 Å². The average molecular weight is 152 g/mol. The predicted octanol–water partition coefficient (Wildman–Crippen LogP) is -0.330. The van der Waals surface area contributed by atoms with Crippen molar-refractivity contribution in [1.82, 2.24) is 10.4 Å². The predicted molar refractivity (Wildman–Crippen MR) is 44.5 cm³/mol. The molecule has 0 saturated carbocycles. The minimum Gasteiger partial charge on any atom is -0.398 e. The minimum atomic E-state index is 0.718. The molecule has 4 heteroatoms. The molecule has 5 N–H and O–H groups in total. The van der Waals surface area contributed by atoms with Gasteiger partial charge in [-0.15, -0.1) is 0 Å². The first-order chi connectivity index (χ1) is 5.34. The Hall–Kier alpha value is -1.13. The molecule has 4 nitrogen and oxygen atoms in total. The fourth-order valence-corrected chi connectivity index (χ4v) is 0.854. The van der Waals surface area contributed by atoms with Gasteiger partial charge in [0.2, 0.25) is 0 Å². The zero-order chi connectivity index (χ0) is 8.10. The topological polar surface area (TPSA) is 77.0 Å². The summed E-state index contributed by atoms with van der Waals surface area (Å²) >= 11 is 0. The Balaban J connectivity index is 2.62. The van der Waals surface area contributed by atoms with Gasteiger partial charge < -0.3 is 5.73 Å². The van der Waals surface area contributed by atoms with E-state index >= 15 is 0 Å². The highest BCUT2D eigenvalue weighted by molar-refractivity contribution is 5.44.